The van der Waals surface area contributed by atoms with Crippen molar-refractivity contribution < 1.29 is 23.9 Å². The Morgan fingerprint density at radius 2 is 1.66 bits per heavy atom. The van der Waals surface area contributed by atoms with Crippen molar-refractivity contribution in [3.8, 4) is 11.5 Å². The minimum Gasteiger partial charge on any atom is -0.506 e. The summed E-state index contributed by atoms with van der Waals surface area (Å²) >= 11 is 6.79. The number of aromatic hydroxyl groups is 1. The van der Waals surface area contributed by atoms with Crippen LogP contribution >= 0.6 is 11.6 Å². The van der Waals surface area contributed by atoms with Crippen LogP contribution in [0.1, 0.15) is 62.0 Å². The fraction of sp³-hybridized carbons (Fsp3) is 0.370. The number of hydrogen-bond donors (Lipinski definition) is 5. The monoisotopic (exact) mass is 837 g/mol. The van der Waals surface area contributed by atoms with Crippen molar-refractivity contribution >= 4 is 48.3 Å². The summed E-state index contributed by atoms with van der Waals surface area (Å²) in [6.07, 6.45) is 0.576. The second kappa shape index (κ2) is 18.1. The lowest BCUT2D eigenvalue weighted by molar-refractivity contribution is -0.124. The van der Waals surface area contributed by atoms with Crippen LogP contribution in [-0.2, 0) is 26.0 Å². The number of aromatic nitrogens is 1. The number of phenolic OH excluding ortho intramolecular Hbond substituents is 1. The molecule has 5 aromatic rings. The number of phenols is 1. The molecule has 0 spiro atoms. The van der Waals surface area contributed by atoms with Gasteiger partial charge in [0, 0.05) is 55.7 Å². The van der Waals surface area contributed by atoms with Gasteiger partial charge in [0.1, 0.15) is 16.9 Å². The van der Waals surface area contributed by atoms with Crippen LogP contribution in [0.2, 0.25) is 23.2 Å². The van der Waals surface area contributed by atoms with Gasteiger partial charge in [-0.15, -0.1) is 0 Å². The van der Waals surface area contributed by atoms with Gasteiger partial charge in [0.2, 0.25) is 17.4 Å². The van der Waals surface area contributed by atoms with Crippen molar-refractivity contribution in [2.45, 2.75) is 69.8 Å². The molecule has 4 aromatic carbocycles. The zero-order valence-electron chi connectivity index (χ0n) is 34.7. The number of primary amides is 1. The highest BCUT2D eigenvalue weighted by molar-refractivity contribution is 6.74. The van der Waals surface area contributed by atoms with Crippen LogP contribution in [0.25, 0.3) is 10.9 Å². The SMILES string of the molecule is COc1cc(NC(=O)CCN2CC[C@@H](C(C(N)=O)(c3ccccc3)c3ccccc3)C2)c(Cl)cc1CNC[C@@H](O[Si](C)(C)C(C)(C)C)c1ccc(O)c2[nH]c(=O)ccc12. The van der Waals surface area contributed by atoms with Gasteiger partial charge in [-0.25, -0.2) is 0 Å². The lowest BCUT2D eigenvalue weighted by Gasteiger charge is -2.39. The average Bonchev–Trinajstić information content (AvgIpc) is 3.67. The molecule has 1 fully saturated rings. The Morgan fingerprint density at radius 3 is 2.27 bits per heavy atom. The standard InChI is InChI=1S/C46H56ClN5O6Si/c1-45(2,3)59(5,6)58-40(34-17-19-38(53)43-35(34)18-20-41(54)51-43)28-49-27-30-25-36(47)37(26-39(30)57-4)50-42(55)22-24-52-23-21-33(29-52)46(44(48)56,31-13-9-7-10-14-31)32-15-11-8-12-16-32/h7-20,25-26,33,40,49,53H,21-24,27-29H2,1-6H3,(H2,48,56)(H,50,55)(H,51,54)/t33-,40-/m1/s1. The van der Waals surface area contributed by atoms with Crippen LogP contribution in [0.4, 0.5) is 5.69 Å². The van der Waals surface area contributed by atoms with E-state index < -0.39 is 19.8 Å². The molecule has 2 atom stereocenters. The number of fused-ring (bicyclic) bond motifs is 1. The number of carbonyl (C=O) groups is 2. The van der Waals surface area contributed by atoms with Crippen molar-refractivity contribution in [1.29, 1.82) is 0 Å². The Kier molecular flexibility index (Phi) is 13.4. The van der Waals surface area contributed by atoms with Crippen LogP contribution < -0.4 is 26.7 Å². The maximum atomic E-state index is 13.5. The van der Waals surface area contributed by atoms with E-state index in [9.17, 15) is 19.5 Å². The van der Waals surface area contributed by atoms with Gasteiger partial charge >= 0.3 is 0 Å². The fourth-order valence-corrected chi connectivity index (χ4v) is 9.54. The summed E-state index contributed by atoms with van der Waals surface area (Å²) in [4.78, 5) is 44.0. The number of nitrogens with zero attached hydrogens (tertiary/aromatic N) is 1. The Hall–Kier alpha value is -4.98. The number of anilines is 1. The van der Waals surface area contributed by atoms with Gasteiger partial charge in [-0.05, 0) is 71.9 Å². The van der Waals surface area contributed by atoms with E-state index in [1.807, 2.05) is 66.7 Å². The largest absolute Gasteiger partial charge is 0.506 e. The minimum atomic E-state index is -2.28. The number of aromatic amines is 1. The van der Waals surface area contributed by atoms with Gasteiger partial charge < -0.3 is 40.5 Å². The highest BCUT2D eigenvalue weighted by Gasteiger charge is 2.49. The number of amides is 2. The molecule has 59 heavy (non-hydrogen) atoms. The number of halogens is 1. The van der Waals surface area contributed by atoms with Gasteiger partial charge in [-0.1, -0.05) is 99.1 Å². The van der Waals surface area contributed by atoms with Gasteiger partial charge in [-0.3, -0.25) is 14.4 Å². The molecular formula is C46H56ClN5O6Si. The summed E-state index contributed by atoms with van der Waals surface area (Å²) < 4.78 is 12.7. The summed E-state index contributed by atoms with van der Waals surface area (Å²) in [5.41, 5.74) is 9.16. The molecule has 2 amide bonds. The van der Waals surface area contributed by atoms with Crippen molar-refractivity contribution in [3.05, 3.63) is 135 Å². The predicted molar refractivity (Wildman–Crippen MR) is 238 cm³/mol. The molecule has 2 heterocycles. The van der Waals surface area contributed by atoms with E-state index in [2.05, 4.69) is 54.4 Å². The number of rotatable bonds is 16. The zero-order chi connectivity index (χ0) is 42.5. The third-order valence-electron chi connectivity index (χ3n) is 12.2. The number of likely N-dealkylation sites (tertiary alicyclic amines) is 1. The third-order valence-corrected chi connectivity index (χ3v) is 17.0. The normalized spacial score (nSPS) is 15.6. The number of benzene rings is 4. The van der Waals surface area contributed by atoms with Gasteiger partial charge in [-0.2, -0.15) is 0 Å². The van der Waals surface area contributed by atoms with E-state index >= 15 is 0 Å². The molecule has 13 heteroatoms. The molecule has 11 nitrogen and oxygen atoms in total. The van der Waals surface area contributed by atoms with E-state index in [1.165, 1.54) is 6.07 Å². The van der Waals surface area contributed by atoms with E-state index in [1.54, 1.807) is 31.4 Å². The predicted octanol–water partition coefficient (Wildman–Crippen LogP) is 7.87. The maximum absolute atomic E-state index is 13.5. The summed E-state index contributed by atoms with van der Waals surface area (Å²) in [5, 5.41) is 18.1. The molecule has 0 unspecified atom stereocenters. The summed E-state index contributed by atoms with van der Waals surface area (Å²) in [7, 11) is -0.709. The number of hydrogen-bond acceptors (Lipinski definition) is 8. The summed E-state index contributed by atoms with van der Waals surface area (Å²) in [6, 6.07) is 29.6. The van der Waals surface area contributed by atoms with Crippen LogP contribution in [-0.4, -0.2) is 68.4 Å². The van der Waals surface area contributed by atoms with E-state index in [0.717, 1.165) is 35.2 Å². The first kappa shape index (κ1) is 43.6. The van der Waals surface area contributed by atoms with Gasteiger partial charge in [0.15, 0.2) is 8.32 Å². The van der Waals surface area contributed by atoms with Gasteiger partial charge in [0.25, 0.3) is 0 Å². The first-order valence-corrected chi connectivity index (χ1v) is 23.4. The highest BCUT2D eigenvalue weighted by Crippen LogP contribution is 2.44. The Morgan fingerprint density at radius 1 is 1.00 bits per heavy atom. The van der Waals surface area contributed by atoms with E-state index in [4.69, 9.17) is 26.5 Å². The zero-order valence-corrected chi connectivity index (χ0v) is 36.5. The smallest absolute Gasteiger partial charge is 0.248 e. The number of ether oxygens (including phenoxy) is 1. The molecule has 6 N–H and O–H groups in total. The number of nitrogens with one attached hydrogen (secondary N) is 3. The van der Waals surface area contributed by atoms with Crippen molar-refractivity contribution in [3.63, 3.8) is 0 Å². The number of carbonyl (C=O) groups excluding carboxylic acids is 2. The number of H-pyrrole nitrogens is 1. The fourth-order valence-electron chi connectivity index (χ4n) is 8.03. The molecule has 1 aliphatic heterocycles. The molecule has 6 rings (SSSR count). The van der Waals surface area contributed by atoms with Crippen LogP contribution in [0.15, 0.2) is 102 Å². The molecule has 0 aliphatic carbocycles. The molecular weight excluding hydrogens is 782 g/mol. The molecule has 1 saturated heterocycles. The van der Waals surface area contributed by atoms with Crippen LogP contribution in [0.5, 0.6) is 11.5 Å². The second-order valence-electron chi connectivity index (χ2n) is 16.9. The number of pyridine rings is 1. The Bertz CT molecular complexity index is 2290. The summed E-state index contributed by atoms with van der Waals surface area (Å²) in [6.45, 7) is 13.6. The van der Waals surface area contributed by atoms with Crippen molar-refractivity contribution in [2.75, 3.05) is 38.6 Å². The summed E-state index contributed by atoms with van der Waals surface area (Å²) in [5.74, 6) is -0.105. The number of nitrogens with two attached hydrogens (primary N) is 1. The minimum absolute atomic E-state index is 0.00865. The van der Waals surface area contributed by atoms with Crippen LogP contribution in [0, 0.1) is 5.92 Å². The molecule has 0 bridgehead atoms. The topological polar surface area (TPSA) is 159 Å². The lowest BCUT2D eigenvalue weighted by Crippen LogP contribution is -2.49. The first-order valence-electron chi connectivity index (χ1n) is 20.1. The van der Waals surface area contributed by atoms with Crippen molar-refractivity contribution in [2.24, 2.45) is 11.7 Å². The van der Waals surface area contributed by atoms with Crippen LogP contribution in [0.3, 0.4) is 0 Å². The lowest BCUT2D eigenvalue weighted by atomic mass is 9.64. The van der Waals surface area contributed by atoms with E-state index in [-0.39, 0.29) is 40.5 Å². The average molecular weight is 839 g/mol. The highest BCUT2D eigenvalue weighted by atomic mass is 35.5. The molecule has 1 aliphatic rings. The van der Waals surface area contributed by atoms with Crippen molar-refractivity contribution in [1.82, 2.24) is 15.2 Å². The third kappa shape index (κ3) is 9.42. The van der Waals surface area contributed by atoms with E-state index in [0.29, 0.717) is 53.5 Å². The first-order chi connectivity index (χ1) is 28.0. The second-order valence-corrected chi connectivity index (χ2v) is 22.1. The molecule has 0 saturated carbocycles. The molecule has 1 aromatic heterocycles. The quantitative estimate of drug-likeness (QED) is 0.0629. The number of methoxy groups -OCH3 is 1. The maximum Gasteiger partial charge on any atom is 0.248 e. The molecule has 312 valence electrons. The van der Waals surface area contributed by atoms with Gasteiger partial charge in [0.05, 0.1) is 29.4 Å². The Labute approximate surface area is 352 Å². The Balaban J connectivity index is 1.12. The molecule has 0 radical (unpaired) electrons.